The van der Waals surface area contributed by atoms with Gasteiger partial charge in [0.05, 0.1) is 12.1 Å². The molecule has 4 aliphatic rings. The zero-order valence-electron chi connectivity index (χ0n) is 20.4. The second kappa shape index (κ2) is 8.79. The fourth-order valence-electron chi connectivity index (χ4n) is 6.65. The Kier molecular flexibility index (Phi) is 5.98. The molecule has 3 aliphatic heterocycles. The van der Waals surface area contributed by atoms with Gasteiger partial charge in [-0.15, -0.1) is 0 Å². The molecule has 2 bridgehead atoms. The molecule has 0 unspecified atom stereocenters. The highest BCUT2D eigenvalue weighted by Crippen LogP contribution is 2.50. The van der Waals surface area contributed by atoms with Gasteiger partial charge in [0.25, 0.3) is 0 Å². The van der Waals surface area contributed by atoms with Crippen LogP contribution in [0.15, 0.2) is 42.5 Å². The van der Waals surface area contributed by atoms with Gasteiger partial charge in [0.1, 0.15) is 0 Å². The fourth-order valence-corrected chi connectivity index (χ4v) is 6.65. The maximum absolute atomic E-state index is 12.8. The van der Waals surface area contributed by atoms with Crippen molar-refractivity contribution in [2.75, 3.05) is 19.6 Å². The molecule has 2 aromatic rings. The Morgan fingerprint density at radius 1 is 1.09 bits per heavy atom. The number of fused-ring (bicyclic) bond motifs is 4. The Morgan fingerprint density at radius 3 is 2.39 bits per heavy atom. The molecule has 176 valence electrons. The highest BCUT2D eigenvalue weighted by Gasteiger charge is 2.48. The summed E-state index contributed by atoms with van der Waals surface area (Å²) < 4.78 is 0. The molecule has 3 heterocycles. The third-order valence-electron chi connectivity index (χ3n) is 8.52. The minimum atomic E-state index is -0.754. The molecule has 2 aromatic carbocycles. The number of carbonyl (C=O) groups is 1. The van der Waals surface area contributed by atoms with Gasteiger partial charge in [-0.25, -0.2) is 4.79 Å². The summed E-state index contributed by atoms with van der Waals surface area (Å²) in [5, 5.41) is 10.5. The summed E-state index contributed by atoms with van der Waals surface area (Å²) >= 11 is 0. The lowest BCUT2D eigenvalue weighted by Crippen LogP contribution is -2.61. The first-order valence-corrected chi connectivity index (χ1v) is 12.8. The minimum absolute atomic E-state index is 0.0826. The molecule has 1 N–H and O–H groups in total. The summed E-state index contributed by atoms with van der Waals surface area (Å²) in [7, 11) is 0. The van der Waals surface area contributed by atoms with Crippen molar-refractivity contribution in [1.82, 2.24) is 9.80 Å². The van der Waals surface area contributed by atoms with Gasteiger partial charge in [-0.3, -0.25) is 4.90 Å². The van der Waals surface area contributed by atoms with E-state index in [9.17, 15) is 9.90 Å². The lowest BCUT2D eigenvalue weighted by Gasteiger charge is -2.54. The minimum Gasteiger partial charge on any atom is -0.465 e. The van der Waals surface area contributed by atoms with Crippen molar-refractivity contribution in [2.24, 2.45) is 11.3 Å². The van der Waals surface area contributed by atoms with E-state index in [1.807, 2.05) is 4.90 Å². The molecule has 3 fully saturated rings. The van der Waals surface area contributed by atoms with Crippen LogP contribution in [0.5, 0.6) is 0 Å². The van der Waals surface area contributed by atoms with Crippen LogP contribution in [0.4, 0.5) is 4.79 Å². The molecule has 0 saturated carbocycles. The molecule has 4 heteroatoms. The maximum Gasteiger partial charge on any atom is 0.408 e. The van der Waals surface area contributed by atoms with Gasteiger partial charge in [0, 0.05) is 6.54 Å². The van der Waals surface area contributed by atoms with Crippen molar-refractivity contribution in [3.05, 3.63) is 59.2 Å². The Hall–Kier alpha value is -2.33. The standard InChI is InChI=1S/C29H38N2O2/c1-4-5-20-6-8-21(9-7-20)23-10-11-25-24(18-23)12-15-29(2,3)27(25)31(28(32)33)26-19-30-16-13-22(26)14-17-30/h6-11,18,22,26-27H,4-5,12-17,19H2,1-3H3,(H,32,33)/t26-,27+/m1/s1. The average Bonchev–Trinajstić information content (AvgIpc) is 2.82. The molecule has 0 radical (unpaired) electrons. The van der Waals surface area contributed by atoms with E-state index in [-0.39, 0.29) is 17.5 Å². The smallest absolute Gasteiger partial charge is 0.408 e. The first-order chi connectivity index (χ1) is 15.9. The van der Waals surface area contributed by atoms with Gasteiger partial charge in [-0.2, -0.15) is 0 Å². The summed E-state index contributed by atoms with van der Waals surface area (Å²) in [6, 6.07) is 15.7. The van der Waals surface area contributed by atoms with Crippen LogP contribution in [0.3, 0.4) is 0 Å². The van der Waals surface area contributed by atoms with Gasteiger partial charge >= 0.3 is 6.09 Å². The normalized spacial score (nSPS) is 27.7. The second-order valence-electron chi connectivity index (χ2n) is 11.1. The van der Waals surface area contributed by atoms with Gasteiger partial charge in [-0.1, -0.05) is 69.7 Å². The number of nitrogens with zero attached hydrogens (tertiary/aromatic N) is 2. The molecule has 0 spiro atoms. The summed E-state index contributed by atoms with van der Waals surface area (Å²) in [6.07, 6.45) is 5.79. The van der Waals surface area contributed by atoms with Gasteiger partial charge in [0.15, 0.2) is 0 Å². The van der Waals surface area contributed by atoms with E-state index in [1.165, 1.54) is 27.8 Å². The van der Waals surface area contributed by atoms with E-state index < -0.39 is 6.09 Å². The third kappa shape index (κ3) is 4.19. The van der Waals surface area contributed by atoms with E-state index in [2.05, 4.69) is 68.1 Å². The van der Waals surface area contributed by atoms with Gasteiger partial charge < -0.3 is 10.0 Å². The Morgan fingerprint density at radius 2 is 1.79 bits per heavy atom. The molecule has 1 amide bonds. The molecule has 4 nitrogen and oxygen atoms in total. The van der Waals surface area contributed by atoms with Crippen LogP contribution >= 0.6 is 0 Å². The van der Waals surface area contributed by atoms with Crippen molar-refractivity contribution in [2.45, 2.75) is 71.4 Å². The Labute approximate surface area is 198 Å². The summed E-state index contributed by atoms with van der Waals surface area (Å²) in [6.45, 7) is 9.88. The quantitative estimate of drug-likeness (QED) is 0.578. The van der Waals surface area contributed by atoms with Crippen molar-refractivity contribution < 1.29 is 9.90 Å². The van der Waals surface area contributed by atoms with Gasteiger partial charge in [-0.05, 0) is 84.3 Å². The molecule has 33 heavy (non-hydrogen) atoms. The first-order valence-electron chi connectivity index (χ1n) is 12.8. The summed E-state index contributed by atoms with van der Waals surface area (Å²) in [4.78, 5) is 17.1. The molecule has 1 aliphatic carbocycles. The lowest BCUT2D eigenvalue weighted by atomic mass is 9.68. The van der Waals surface area contributed by atoms with E-state index in [0.29, 0.717) is 5.92 Å². The van der Waals surface area contributed by atoms with Crippen LogP contribution in [0, 0.1) is 11.3 Å². The van der Waals surface area contributed by atoms with Crippen LogP contribution in [0.1, 0.15) is 69.2 Å². The van der Waals surface area contributed by atoms with E-state index in [1.54, 1.807) is 0 Å². The van der Waals surface area contributed by atoms with Crippen LogP contribution < -0.4 is 0 Å². The molecular formula is C29H38N2O2. The van der Waals surface area contributed by atoms with E-state index in [0.717, 1.165) is 58.2 Å². The van der Waals surface area contributed by atoms with Crippen molar-refractivity contribution in [1.29, 1.82) is 0 Å². The van der Waals surface area contributed by atoms with E-state index >= 15 is 0 Å². The highest BCUT2D eigenvalue weighted by atomic mass is 16.4. The predicted octanol–water partition coefficient (Wildman–Crippen LogP) is 6.39. The number of aryl methyl sites for hydroxylation is 2. The number of hydrogen-bond acceptors (Lipinski definition) is 2. The number of hydrogen-bond donors (Lipinski definition) is 1. The number of amides is 1. The second-order valence-corrected chi connectivity index (χ2v) is 11.1. The monoisotopic (exact) mass is 446 g/mol. The maximum atomic E-state index is 12.8. The number of piperidine rings is 3. The van der Waals surface area contributed by atoms with Crippen molar-refractivity contribution >= 4 is 6.09 Å². The Balaban J connectivity index is 1.50. The molecule has 6 rings (SSSR count). The zero-order valence-corrected chi connectivity index (χ0v) is 20.4. The number of benzene rings is 2. The molecule has 2 atom stereocenters. The molecule has 3 saturated heterocycles. The van der Waals surface area contributed by atoms with E-state index in [4.69, 9.17) is 0 Å². The SMILES string of the molecule is CCCc1ccc(-c2ccc3c(c2)CCC(C)(C)[C@H]3N(C(=O)O)[C@@H]2CN3CCC2CC3)cc1. The Bertz CT molecular complexity index is 1000. The van der Waals surface area contributed by atoms with Crippen LogP contribution in [-0.2, 0) is 12.8 Å². The third-order valence-corrected chi connectivity index (χ3v) is 8.52. The largest absolute Gasteiger partial charge is 0.465 e. The summed E-state index contributed by atoms with van der Waals surface area (Å²) in [5.74, 6) is 0.494. The van der Waals surface area contributed by atoms with Crippen LogP contribution in [0.25, 0.3) is 11.1 Å². The first kappa shape index (κ1) is 22.5. The lowest BCUT2D eigenvalue weighted by molar-refractivity contribution is -0.0352. The highest BCUT2D eigenvalue weighted by molar-refractivity contribution is 5.69. The predicted molar refractivity (Wildman–Crippen MR) is 134 cm³/mol. The number of rotatable bonds is 5. The average molecular weight is 447 g/mol. The van der Waals surface area contributed by atoms with Crippen molar-refractivity contribution in [3.63, 3.8) is 0 Å². The van der Waals surface area contributed by atoms with Crippen LogP contribution in [-0.4, -0.2) is 46.7 Å². The molecule has 0 aromatic heterocycles. The summed E-state index contributed by atoms with van der Waals surface area (Å²) in [5.41, 5.74) is 6.32. The number of carboxylic acid groups (broad SMARTS) is 1. The molecular weight excluding hydrogens is 408 g/mol. The van der Waals surface area contributed by atoms with Crippen molar-refractivity contribution in [3.8, 4) is 11.1 Å². The van der Waals surface area contributed by atoms with Crippen LogP contribution in [0.2, 0.25) is 0 Å². The van der Waals surface area contributed by atoms with Gasteiger partial charge in [0.2, 0.25) is 0 Å². The topological polar surface area (TPSA) is 43.8 Å². The zero-order chi connectivity index (χ0) is 23.2. The fraction of sp³-hybridized carbons (Fsp3) is 0.552.